The molecule has 3 rings (SSSR count). The van der Waals surface area contributed by atoms with Crippen LogP contribution in [-0.2, 0) is 6.42 Å². The first kappa shape index (κ1) is 16.3. The van der Waals surface area contributed by atoms with Crippen molar-refractivity contribution in [3.05, 3.63) is 35.9 Å². The first-order valence-corrected chi connectivity index (χ1v) is 9.00. The standard InChI is InChI=1S/C19H28N2O2/c22-13-12-21(17-10-11-17)19(23)20-18(16-8-4-5-9-16)14-15-6-2-1-3-7-15/h1-3,6-7,16-18,22H,4-5,8-14H2,(H,20,23). The van der Waals surface area contributed by atoms with Crippen LogP contribution in [0.2, 0.25) is 0 Å². The fourth-order valence-corrected chi connectivity index (χ4v) is 3.75. The summed E-state index contributed by atoms with van der Waals surface area (Å²) in [6.45, 7) is 0.482. The second-order valence-electron chi connectivity index (χ2n) is 6.94. The molecule has 4 heteroatoms. The zero-order valence-corrected chi connectivity index (χ0v) is 13.8. The summed E-state index contributed by atoms with van der Waals surface area (Å²) >= 11 is 0. The van der Waals surface area contributed by atoms with Gasteiger partial charge in [-0.15, -0.1) is 0 Å². The normalized spacial score (nSPS) is 19.5. The Kier molecular flexibility index (Phi) is 5.55. The van der Waals surface area contributed by atoms with Crippen LogP contribution in [0.25, 0.3) is 0 Å². The van der Waals surface area contributed by atoms with Gasteiger partial charge in [-0.3, -0.25) is 0 Å². The maximum absolute atomic E-state index is 12.7. The fourth-order valence-electron chi connectivity index (χ4n) is 3.75. The largest absolute Gasteiger partial charge is 0.395 e. The molecule has 23 heavy (non-hydrogen) atoms. The van der Waals surface area contributed by atoms with E-state index in [1.165, 1.54) is 31.2 Å². The second kappa shape index (κ2) is 7.82. The van der Waals surface area contributed by atoms with E-state index >= 15 is 0 Å². The lowest BCUT2D eigenvalue weighted by molar-refractivity contribution is 0.166. The maximum atomic E-state index is 12.7. The van der Waals surface area contributed by atoms with Crippen molar-refractivity contribution in [1.82, 2.24) is 10.2 Å². The molecule has 2 N–H and O–H groups in total. The monoisotopic (exact) mass is 316 g/mol. The first-order valence-electron chi connectivity index (χ1n) is 9.00. The van der Waals surface area contributed by atoms with Crippen LogP contribution in [0.1, 0.15) is 44.1 Å². The van der Waals surface area contributed by atoms with Crippen LogP contribution in [-0.4, -0.2) is 41.3 Å². The summed E-state index contributed by atoms with van der Waals surface area (Å²) in [4.78, 5) is 14.5. The van der Waals surface area contributed by atoms with Crippen LogP contribution in [0.5, 0.6) is 0 Å². The van der Waals surface area contributed by atoms with Gasteiger partial charge in [0.1, 0.15) is 0 Å². The summed E-state index contributed by atoms with van der Waals surface area (Å²) in [6, 6.07) is 11.0. The van der Waals surface area contributed by atoms with Gasteiger partial charge in [-0.25, -0.2) is 4.79 Å². The number of carbonyl (C=O) groups excluding carboxylic acids is 1. The SMILES string of the molecule is O=C(NC(Cc1ccccc1)C1CCCC1)N(CCO)C1CC1. The minimum atomic E-state index is 0.00869. The highest BCUT2D eigenvalue weighted by Crippen LogP contribution is 2.30. The van der Waals surface area contributed by atoms with Gasteiger partial charge in [-0.1, -0.05) is 43.2 Å². The quantitative estimate of drug-likeness (QED) is 0.812. The van der Waals surface area contributed by atoms with Gasteiger partial charge in [-0.2, -0.15) is 0 Å². The van der Waals surface area contributed by atoms with E-state index in [4.69, 9.17) is 0 Å². The van der Waals surface area contributed by atoms with E-state index in [0.717, 1.165) is 19.3 Å². The minimum Gasteiger partial charge on any atom is -0.395 e. The molecule has 0 bridgehead atoms. The molecule has 0 radical (unpaired) electrons. The molecule has 1 unspecified atom stereocenters. The summed E-state index contributed by atoms with van der Waals surface area (Å²) in [5.74, 6) is 0.578. The van der Waals surface area contributed by atoms with Crippen molar-refractivity contribution in [2.75, 3.05) is 13.2 Å². The number of aliphatic hydroxyl groups excluding tert-OH is 1. The number of carbonyl (C=O) groups is 1. The molecule has 1 aromatic rings. The summed E-state index contributed by atoms with van der Waals surface area (Å²) in [7, 11) is 0. The molecule has 126 valence electrons. The van der Waals surface area contributed by atoms with Crippen molar-refractivity contribution in [1.29, 1.82) is 0 Å². The lowest BCUT2D eigenvalue weighted by Gasteiger charge is -2.29. The van der Waals surface area contributed by atoms with Gasteiger partial charge in [0, 0.05) is 18.6 Å². The Balaban J connectivity index is 1.66. The van der Waals surface area contributed by atoms with E-state index in [2.05, 4.69) is 29.6 Å². The van der Waals surface area contributed by atoms with Gasteiger partial charge >= 0.3 is 6.03 Å². The number of benzene rings is 1. The summed E-state index contributed by atoms with van der Waals surface area (Å²) < 4.78 is 0. The van der Waals surface area contributed by atoms with E-state index in [0.29, 0.717) is 18.5 Å². The Hall–Kier alpha value is -1.55. The highest BCUT2D eigenvalue weighted by atomic mass is 16.3. The molecule has 2 fully saturated rings. The van der Waals surface area contributed by atoms with Gasteiger partial charge in [0.25, 0.3) is 0 Å². The molecule has 0 saturated heterocycles. The lowest BCUT2D eigenvalue weighted by Crippen LogP contribution is -2.49. The van der Waals surface area contributed by atoms with Crippen LogP contribution in [0.3, 0.4) is 0 Å². The number of hydrogen-bond acceptors (Lipinski definition) is 2. The van der Waals surface area contributed by atoms with E-state index < -0.39 is 0 Å². The van der Waals surface area contributed by atoms with E-state index in [1.54, 1.807) is 0 Å². The number of amides is 2. The van der Waals surface area contributed by atoms with Crippen molar-refractivity contribution < 1.29 is 9.90 Å². The molecule has 4 nitrogen and oxygen atoms in total. The minimum absolute atomic E-state index is 0.00869. The molecule has 0 heterocycles. The second-order valence-corrected chi connectivity index (χ2v) is 6.94. The van der Waals surface area contributed by atoms with Crippen molar-refractivity contribution in [3.8, 4) is 0 Å². The number of aliphatic hydroxyl groups is 1. The van der Waals surface area contributed by atoms with E-state index in [-0.39, 0.29) is 18.7 Å². The van der Waals surface area contributed by atoms with E-state index in [1.807, 2.05) is 11.0 Å². The third-order valence-electron chi connectivity index (χ3n) is 5.17. The Bertz CT molecular complexity index is 495. The Morgan fingerprint density at radius 2 is 1.87 bits per heavy atom. The molecule has 1 aromatic carbocycles. The van der Waals surface area contributed by atoms with Gasteiger partial charge in [-0.05, 0) is 43.6 Å². The van der Waals surface area contributed by atoms with Crippen molar-refractivity contribution >= 4 is 6.03 Å². The van der Waals surface area contributed by atoms with Gasteiger partial charge in [0.15, 0.2) is 0 Å². The summed E-state index contributed by atoms with van der Waals surface area (Å²) in [5.41, 5.74) is 1.28. The molecule has 2 amide bonds. The first-order chi connectivity index (χ1) is 11.3. The highest BCUT2D eigenvalue weighted by Gasteiger charge is 2.34. The van der Waals surface area contributed by atoms with Gasteiger partial charge in [0.05, 0.1) is 6.61 Å². The topological polar surface area (TPSA) is 52.6 Å². The predicted molar refractivity (Wildman–Crippen MR) is 91.2 cm³/mol. The highest BCUT2D eigenvalue weighted by molar-refractivity contribution is 5.75. The van der Waals surface area contributed by atoms with Crippen molar-refractivity contribution in [3.63, 3.8) is 0 Å². The Labute approximate surface area is 138 Å². The average molecular weight is 316 g/mol. The van der Waals surface area contributed by atoms with Crippen LogP contribution in [0, 0.1) is 5.92 Å². The fraction of sp³-hybridized carbons (Fsp3) is 0.632. The average Bonchev–Trinajstić information content (AvgIpc) is 3.25. The predicted octanol–water partition coefficient (Wildman–Crippen LogP) is 2.95. The summed E-state index contributed by atoms with van der Waals surface area (Å²) in [5, 5.41) is 12.5. The van der Waals surface area contributed by atoms with Crippen LogP contribution in [0.4, 0.5) is 4.79 Å². The van der Waals surface area contributed by atoms with Crippen molar-refractivity contribution in [2.45, 2.75) is 57.0 Å². The molecular weight excluding hydrogens is 288 g/mol. The van der Waals surface area contributed by atoms with Crippen LogP contribution in [0.15, 0.2) is 30.3 Å². The molecule has 2 aliphatic rings. The zero-order chi connectivity index (χ0) is 16.1. The zero-order valence-electron chi connectivity index (χ0n) is 13.8. The van der Waals surface area contributed by atoms with E-state index in [9.17, 15) is 9.90 Å². The number of rotatable bonds is 7. The molecular formula is C19H28N2O2. The third-order valence-corrected chi connectivity index (χ3v) is 5.17. The van der Waals surface area contributed by atoms with Crippen molar-refractivity contribution in [2.24, 2.45) is 5.92 Å². The van der Waals surface area contributed by atoms with Crippen LogP contribution >= 0.6 is 0 Å². The number of urea groups is 1. The van der Waals surface area contributed by atoms with Gasteiger partial charge in [0.2, 0.25) is 0 Å². The van der Waals surface area contributed by atoms with Gasteiger partial charge < -0.3 is 15.3 Å². The Morgan fingerprint density at radius 3 is 2.48 bits per heavy atom. The smallest absolute Gasteiger partial charge is 0.317 e. The Morgan fingerprint density at radius 1 is 1.17 bits per heavy atom. The molecule has 2 aliphatic carbocycles. The molecule has 0 aromatic heterocycles. The number of nitrogens with zero attached hydrogens (tertiary/aromatic N) is 1. The number of hydrogen-bond donors (Lipinski definition) is 2. The third kappa shape index (κ3) is 4.47. The molecule has 1 atom stereocenters. The maximum Gasteiger partial charge on any atom is 0.317 e. The van der Waals surface area contributed by atoms with Crippen LogP contribution < -0.4 is 5.32 Å². The molecule has 2 saturated carbocycles. The number of nitrogens with one attached hydrogen (secondary N) is 1. The summed E-state index contributed by atoms with van der Waals surface area (Å²) in [6.07, 6.45) is 8.00. The molecule has 0 aliphatic heterocycles. The molecule has 0 spiro atoms. The lowest BCUT2D eigenvalue weighted by atomic mass is 9.92.